The number of unbranched alkanes of at least 4 members (excludes halogenated alkanes) is 1. The lowest BCUT2D eigenvalue weighted by molar-refractivity contribution is 0.264. The van der Waals surface area contributed by atoms with Crippen molar-refractivity contribution in [2.45, 2.75) is 39.3 Å². The van der Waals surface area contributed by atoms with Crippen LogP contribution in [0.15, 0.2) is 30.6 Å². The second-order valence-corrected chi connectivity index (χ2v) is 4.76. The largest absolute Gasteiger partial charge is 0.508 e. The van der Waals surface area contributed by atoms with Gasteiger partial charge >= 0.3 is 0 Å². The van der Waals surface area contributed by atoms with Crippen LogP contribution in [0, 0.1) is 6.92 Å². The molecule has 0 atom stereocenters. The van der Waals surface area contributed by atoms with Crippen molar-refractivity contribution in [3.63, 3.8) is 0 Å². The van der Waals surface area contributed by atoms with E-state index in [2.05, 4.69) is 4.98 Å². The minimum absolute atomic E-state index is 0.00985. The van der Waals surface area contributed by atoms with E-state index in [-0.39, 0.29) is 6.61 Å². The lowest BCUT2D eigenvalue weighted by Gasteiger charge is -2.08. The first kappa shape index (κ1) is 13.6. The molecule has 0 spiro atoms. The van der Waals surface area contributed by atoms with Crippen molar-refractivity contribution >= 4 is 0 Å². The predicted molar refractivity (Wildman–Crippen MR) is 73.9 cm³/mol. The topological polar surface area (TPSA) is 58.3 Å². The highest BCUT2D eigenvalue weighted by molar-refractivity contribution is 5.33. The van der Waals surface area contributed by atoms with Gasteiger partial charge in [0.25, 0.3) is 0 Å². The molecular formula is C15H20N2O2. The van der Waals surface area contributed by atoms with Crippen LogP contribution in [0.5, 0.6) is 5.75 Å². The highest BCUT2D eigenvalue weighted by atomic mass is 16.3. The van der Waals surface area contributed by atoms with Crippen molar-refractivity contribution < 1.29 is 10.2 Å². The first-order chi connectivity index (χ1) is 9.20. The first-order valence-corrected chi connectivity index (χ1v) is 6.60. The number of imidazole rings is 1. The summed E-state index contributed by atoms with van der Waals surface area (Å²) in [5.41, 5.74) is 2.42. The Morgan fingerprint density at radius 2 is 2.11 bits per heavy atom. The van der Waals surface area contributed by atoms with Crippen LogP contribution in [0.25, 0.3) is 0 Å². The van der Waals surface area contributed by atoms with Crippen molar-refractivity contribution in [3.8, 4) is 5.75 Å². The number of aryl methyl sites for hydroxylation is 3. The molecule has 0 aliphatic rings. The smallest absolute Gasteiger partial charge is 0.134 e. The van der Waals surface area contributed by atoms with Crippen LogP contribution in [0.2, 0.25) is 0 Å². The van der Waals surface area contributed by atoms with Crippen molar-refractivity contribution in [1.29, 1.82) is 0 Å². The van der Waals surface area contributed by atoms with E-state index in [9.17, 15) is 5.11 Å². The van der Waals surface area contributed by atoms with Crippen LogP contribution in [-0.2, 0) is 19.6 Å². The fraction of sp³-hybridized carbons (Fsp3) is 0.400. The Hall–Kier alpha value is -1.81. The number of phenols is 1. The average molecular weight is 260 g/mol. The van der Waals surface area contributed by atoms with E-state index in [0.29, 0.717) is 5.75 Å². The maximum Gasteiger partial charge on any atom is 0.134 e. The van der Waals surface area contributed by atoms with Gasteiger partial charge in [-0.2, -0.15) is 0 Å². The predicted octanol–water partition coefficient (Wildman–Crippen LogP) is 2.41. The molecule has 0 fully saturated rings. The Kier molecular flexibility index (Phi) is 4.58. The molecule has 0 saturated carbocycles. The molecule has 0 amide bonds. The van der Waals surface area contributed by atoms with Gasteiger partial charge in [-0.15, -0.1) is 0 Å². The highest BCUT2D eigenvalue weighted by Crippen LogP contribution is 2.17. The molecular weight excluding hydrogens is 240 g/mol. The number of aromatic nitrogens is 2. The lowest BCUT2D eigenvalue weighted by Crippen LogP contribution is -2.03. The number of rotatable bonds is 6. The van der Waals surface area contributed by atoms with Crippen molar-refractivity contribution in [3.05, 3.63) is 47.5 Å². The van der Waals surface area contributed by atoms with Crippen molar-refractivity contribution in [2.24, 2.45) is 0 Å². The summed E-state index contributed by atoms with van der Waals surface area (Å²) in [6.45, 7) is 2.89. The zero-order chi connectivity index (χ0) is 13.7. The summed E-state index contributed by atoms with van der Waals surface area (Å²) >= 11 is 0. The SMILES string of the molecule is Cc1cc(O)ccc1CCCCn1ccnc1CO. The first-order valence-electron chi connectivity index (χ1n) is 6.60. The van der Waals surface area contributed by atoms with Gasteiger partial charge in [0.1, 0.15) is 18.2 Å². The highest BCUT2D eigenvalue weighted by Gasteiger charge is 2.02. The zero-order valence-corrected chi connectivity index (χ0v) is 11.2. The second kappa shape index (κ2) is 6.38. The fourth-order valence-electron chi connectivity index (χ4n) is 2.25. The second-order valence-electron chi connectivity index (χ2n) is 4.76. The molecule has 2 rings (SSSR count). The van der Waals surface area contributed by atoms with E-state index in [1.54, 1.807) is 18.3 Å². The van der Waals surface area contributed by atoms with Gasteiger partial charge in [0.05, 0.1) is 0 Å². The molecule has 19 heavy (non-hydrogen) atoms. The molecule has 1 aromatic heterocycles. The third-order valence-corrected chi connectivity index (χ3v) is 3.36. The third-order valence-electron chi connectivity index (χ3n) is 3.36. The third kappa shape index (κ3) is 3.58. The molecule has 2 aromatic rings. The standard InChI is InChI=1S/C15H20N2O2/c1-12-10-14(19)6-5-13(12)4-2-3-8-17-9-7-16-15(17)11-18/h5-7,9-10,18-19H,2-4,8,11H2,1H3. The Morgan fingerprint density at radius 3 is 2.84 bits per heavy atom. The summed E-state index contributed by atoms with van der Waals surface area (Å²) in [4.78, 5) is 4.08. The molecule has 2 N–H and O–H groups in total. The van der Waals surface area contributed by atoms with E-state index in [1.165, 1.54) is 5.56 Å². The number of aliphatic hydroxyl groups excluding tert-OH is 1. The molecule has 0 radical (unpaired) electrons. The molecule has 0 saturated heterocycles. The molecule has 1 aromatic carbocycles. The van der Waals surface area contributed by atoms with Gasteiger partial charge in [-0.1, -0.05) is 6.07 Å². The number of aliphatic hydroxyl groups is 1. The molecule has 4 nitrogen and oxygen atoms in total. The summed E-state index contributed by atoms with van der Waals surface area (Å²) in [6, 6.07) is 5.53. The molecule has 1 heterocycles. The summed E-state index contributed by atoms with van der Waals surface area (Å²) in [5.74, 6) is 1.05. The van der Waals surface area contributed by atoms with Crippen LogP contribution in [0.4, 0.5) is 0 Å². The van der Waals surface area contributed by atoms with Gasteiger partial charge in [-0.05, 0) is 49.4 Å². The van der Waals surface area contributed by atoms with Gasteiger partial charge in [0.2, 0.25) is 0 Å². The molecule has 0 bridgehead atoms. The van der Waals surface area contributed by atoms with Crippen LogP contribution in [0.3, 0.4) is 0 Å². The number of benzene rings is 1. The quantitative estimate of drug-likeness (QED) is 0.784. The lowest BCUT2D eigenvalue weighted by atomic mass is 10.0. The van der Waals surface area contributed by atoms with Crippen LogP contribution < -0.4 is 0 Å². The number of phenolic OH excluding ortho intramolecular Hbond substituents is 1. The number of aromatic hydroxyl groups is 1. The van der Waals surface area contributed by atoms with Gasteiger partial charge in [-0.3, -0.25) is 0 Å². The number of hydrogen-bond donors (Lipinski definition) is 2. The number of nitrogens with zero attached hydrogens (tertiary/aromatic N) is 2. The van der Waals surface area contributed by atoms with Gasteiger partial charge in [0, 0.05) is 18.9 Å². The van der Waals surface area contributed by atoms with E-state index in [0.717, 1.165) is 37.2 Å². The average Bonchev–Trinajstić information content (AvgIpc) is 2.84. The summed E-state index contributed by atoms with van der Waals surface area (Å²) in [5, 5.41) is 18.5. The van der Waals surface area contributed by atoms with E-state index in [4.69, 9.17) is 5.11 Å². The summed E-state index contributed by atoms with van der Waals surface area (Å²) in [7, 11) is 0. The van der Waals surface area contributed by atoms with Gasteiger partial charge < -0.3 is 14.8 Å². The van der Waals surface area contributed by atoms with Gasteiger partial charge in [0.15, 0.2) is 0 Å². The van der Waals surface area contributed by atoms with E-state index < -0.39 is 0 Å². The van der Waals surface area contributed by atoms with Gasteiger partial charge in [-0.25, -0.2) is 4.98 Å². The molecule has 102 valence electrons. The Morgan fingerprint density at radius 1 is 1.26 bits per heavy atom. The summed E-state index contributed by atoms with van der Waals surface area (Å²) < 4.78 is 1.99. The normalized spacial score (nSPS) is 10.8. The van der Waals surface area contributed by atoms with Crippen molar-refractivity contribution in [2.75, 3.05) is 0 Å². The van der Waals surface area contributed by atoms with E-state index in [1.807, 2.05) is 23.8 Å². The Labute approximate surface area is 113 Å². The van der Waals surface area contributed by atoms with Crippen molar-refractivity contribution in [1.82, 2.24) is 9.55 Å². The minimum Gasteiger partial charge on any atom is -0.508 e. The maximum atomic E-state index is 9.36. The fourth-order valence-corrected chi connectivity index (χ4v) is 2.25. The molecule has 0 aliphatic carbocycles. The zero-order valence-electron chi connectivity index (χ0n) is 11.2. The Bertz CT molecular complexity index is 535. The van der Waals surface area contributed by atoms with E-state index >= 15 is 0 Å². The maximum absolute atomic E-state index is 9.36. The summed E-state index contributed by atoms with van der Waals surface area (Å²) in [6.07, 6.45) is 6.75. The molecule has 0 unspecified atom stereocenters. The van der Waals surface area contributed by atoms with Crippen LogP contribution in [0.1, 0.15) is 29.8 Å². The molecule has 4 heteroatoms. The van der Waals surface area contributed by atoms with Crippen LogP contribution in [-0.4, -0.2) is 19.8 Å². The Balaban J connectivity index is 1.81. The monoisotopic (exact) mass is 260 g/mol. The van der Waals surface area contributed by atoms with Crippen LogP contribution >= 0.6 is 0 Å². The number of hydrogen-bond acceptors (Lipinski definition) is 3. The molecule has 0 aliphatic heterocycles. The minimum atomic E-state index is -0.00985.